The molecule has 3 atom stereocenters. The third kappa shape index (κ3) is 2.74. The monoisotopic (exact) mass is 262 g/mol. The summed E-state index contributed by atoms with van der Waals surface area (Å²) in [6, 6.07) is 2.12. The Kier molecular flexibility index (Phi) is 3.70. The van der Waals surface area contributed by atoms with Crippen LogP contribution in [0.15, 0.2) is 18.5 Å². The van der Waals surface area contributed by atoms with Crippen LogP contribution in [-0.2, 0) is 4.74 Å². The summed E-state index contributed by atoms with van der Waals surface area (Å²) in [4.78, 5) is 11.9. The summed E-state index contributed by atoms with van der Waals surface area (Å²) in [6.45, 7) is 2.35. The van der Waals surface area contributed by atoms with Gasteiger partial charge in [-0.25, -0.2) is 0 Å². The molecule has 1 aromatic heterocycles. The Morgan fingerprint density at radius 3 is 3.26 bits per heavy atom. The summed E-state index contributed by atoms with van der Waals surface area (Å²) in [7, 11) is 0. The number of hydrogen-bond donors (Lipinski definition) is 2. The number of rotatable bonds is 3. The predicted molar refractivity (Wildman–Crippen MR) is 68.6 cm³/mol. The van der Waals surface area contributed by atoms with E-state index in [2.05, 4.69) is 20.8 Å². The number of aromatic nitrogens is 2. The molecule has 2 fully saturated rings. The first-order valence-corrected chi connectivity index (χ1v) is 6.74. The van der Waals surface area contributed by atoms with Crippen LogP contribution in [0.1, 0.15) is 23.2 Å². The minimum Gasteiger partial charge on any atom is -0.375 e. The maximum atomic E-state index is 11.9. The van der Waals surface area contributed by atoms with Crippen LogP contribution >= 0.6 is 0 Å². The van der Waals surface area contributed by atoms with Crippen molar-refractivity contribution in [1.29, 1.82) is 0 Å². The van der Waals surface area contributed by atoms with E-state index in [9.17, 15) is 4.79 Å². The molecule has 2 heterocycles. The van der Waals surface area contributed by atoms with Gasteiger partial charge >= 0.3 is 0 Å². The highest BCUT2D eigenvalue weighted by molar-refractivity contribution is 5.93. The van der Waals surface area contributed by atoms with Crippen LogP contribution in [0.2, 0.25) is 0 Å². The molecule has 0 radical (unpaired) electrons. The van der Waals surface area contributed by atoms with E-state index in [-0.39, 0.29) is 12.0 Å². The molecule has 0 spiro atoms. The van der Waals surface area contributed by atoms with E-state index >= 15 is 0 Å². The Bertz CT molecular complexity index is 440. The standard InChI is InChI=1S/C13H18N4O2/c18-13(10-3-4-16-17-8-10)15-7-9-1-2-11-12(9)19-6-5-14-11/h3-4,8-9,11-12,14H,1-2,5-7H2,(H,15,18)/t9-,11-,12+/m0/s1. The van der Waals surface area contributed by atoms with Crippen LogP contribution in [0.5, 0.6) is 0 Å². The van der Waals surface area contributed by atoms with E-state index in [1.165, 1.54) is 12.4 Å². The van der Waals surface area contributed by atoms with Gasteiger partial charge in [-0.05, 0) is 18.9 Å². The molecular formula is C13H18N4O2. The van der Waals surface area contributed by atoms with E-state index < -0.39 is 0 Å². The summed E-state index contributed by atoms with van der Waals surface area (Å²) >= 11 is 0. The summed E-state index contributed by atoms with van der Waals surface area (Å²) in [5.74, 6) is 0.304. The quantitative estimate of drug-likeness (QED) is 0.800. The number of amides is 1. The van der Waals surface area contributed by atoms with Crippen molar-refractivity contribution in [2.24, 2.45) is 5.92 Å². The fourth-order valence-electron chi connectivity index (χ4n) is 2.93. The number of ether oxygens (including phenoxy) is 1. The molecule has 6 heteroatoms. The maximum Gasteiger partial charge on any atom is 0.252 e. The lowest BCUT2D eigenvalue weighted by molar-refractivity contribution is -0.0138. The number of nitrogens with zero attached hydrogens (tertiary/aromatic N) is 2. The smallest absolute Gasteiger partial charge is 0.252 e. The molecule has 1 aliphatic heterocycles. The number of nitrogens with one attached hydrogen (secondary N) is 2. The fraction of sp³-hybridized carbons (Fsp3) is 0.615. The lowest BCUT2D eigenvalue weighted by Gasteiger charge is -2.30. The van der Waals surface area contributed by atoms with Crippen LogP contribution in [0.3, 0.4) is 0 Å². The fourth-order valence-corrected chi connectivity index (χ4v) is 2.93. The van der Waals surface area contributed by atoms with Gasteiger partial charge in [0, 0.05) is 25.0 Å². The molecule has 3 rings (SSSR count). The molecule has 1 amide bonds. The third-order valence-corrected chi connectivity index (χ3v) is 3.90. The summed E-state index contributed by atoms with van der Waals surface area (Å²) in [5.41, 5.74) is 0.548. The van der Waals surface area contributed by atoms with Gasteiger partial charge < -0.3 is 15.4 Å². The molecule has 102 valence electrons. The first-order chi connectivity index (χ1) is 9.34. The molecule has 1 saturated carbocycles. The van der Waals surface area contributed by atoms with Gasteiger partial charge in [0.1, 0.15) is 0 Å². The van der Waals surface area contributed by atoms with E-state index in [0.717, 1.165) is 26.0 Å². The largest absolute Gasteiger partial charge is 0.375 e. The van der Waals surface area contributed by atoms with Gasteiger partial charge in [0.2, 0.25) is 0 Å². The zero-order valence-electron chi connectivity index (χ0n) is 10.7. The van der Waals surface area contributed by atoms with Crippen molar-refractivity contribution in [3.05, 3.63) is 24.0 Å². The molecule has 1 aromatic rings. The molecule has 0 aromatic carbocycles. The van der Waals surface area contributed by atoms with E-state index in [1.54, 1.807) is 6.07 Å². The van der Waals surface area contributed by atoms with Crippen LogP contribution in [0.4, 0.5) is 0 Å². The van der Waals surface area contributed by atoms with Crippen LogP contribution < -0.4 is 10.6 Å². The predicted octanol–water partition coefficient (Wildman–Crippen LogP) is -0.0266. The van der Waals surface area contributed by atoms with Crippen LogP contribution in [-0.4, -0.2) is 47.9 Å². The Hall–Kier alpha value is -1.53. The highest BCUT2D eigenvalue weighted by Crippen LogP contribution is 2.29. The Labute approximate surface area is 111 Å². The lowest BCUT2D eigenvalue weighted by atomic mass is 10.0. The molecule has 1 aliphatic carbocycles. The molecule has 0 bridgehead atoms. The normalized spacial score (nSPS) is 29.8. The van der Waals surface area contributed by atoms with Crippen molar-refractivity contribution < 1.29 is 9.53 Å². The Balaban J connectivity index is 1.54. The SMILES string of the molecule is O=C(NC[C@@H]1CC[C@@H]2NCCO[C@H]12)c1ccnnc1. The van der Waals surface area contributed by atoms with Gasteiger partial charge in [0.05, 0.1) is 30.7 Å². The topological polar surface area (TPSA) is 76.1 Å². The molecule has 19 heavy (non-hydrogen) atoms. The van der Waals surface area contributed by atoms with Crippen molar-refractivity contribution >= 4 is 5.91 Å². The number of carbonyl (C=O) groups excluding carboxylic acids is 1. The average molecular weight is 262 g/mol. The lowest BCUT2D eigenvalue weighted by Crippen LogP contribution is -2.48. The summed E-state index contributed by atoms with van der Waals surface area (Å²) in [6.07, 6.45) is 5.46. The molecule has 1 saturated heterocycles. The van der Waals surface area contributed by atoms with Gasteiger partial charge in [-0.1, -0.05) is 0 Å². The van der Waals surface area contributed by atoms with Gasteiger partial charge in [-0.3, -0.25) is 4.79 Å². The molecular weight excluding hydrogens is 244 g/mol. The zero-order valence-corrected chi connectivity index (χ0v) is 10.7. The van der Waals surface area contributed by atoms with Crippen LogP contribution in [0.25, 0.3) is 0 Å². The van der Waals surface area contributed by atoms with Crippen molar-refractivity contribution in [2.75, 3.05) is 19.7 Å². The van der Waals surface area contributed by atoms with E-state index in [4.69, 9.17) is 4.74 Å². The molecule has 2 N–H and O–H groups in total. The average Bonchev–Trinajstić information content (AvgIpc) is 2.89. The highest BCUT2D eigenvalue weighted by Gasteiger charge is 2.38. The van der Waals surface area contributed by atoms with Gasteiger partial charge in [-0.15, -0.1) is 0 Å². The van der Waals surface area contributed by atoms with Crippen molar-refractivity contribution in [3.8, 4) is 0 Å². The van der Waals surface area contributed by atoms with Gasteiger partial charge in [0.25, 0.3) is 5.91 Å². The second-order valence-corrected chi connectivity index (χ2v) is 5.07. The molecule has 2 aliphatic rings. The zero-order chi connectivity index (χ0) is 13.1. The van der Waals surface area contributed by atoms with Crippen molar-refractivity contribution in [2.45, 2.75) is 25.0 Å². The van der Waals surface area contributed by atoms with Crippen LogP contribution in [0, 0.1) is 5.92 Å². The third-order valence-electron chi connectivity index (χ3n) is 3.90. The highest BCUT2D eigenvalue weighted by atomic mass is 16.5. The van der Waals surface area contributed by atoms with E-state index in [0.29, 0.717) is 24.1 Å². The Morgan fingerprint density at radius 1 is 1.47 bits per heavy atom. The Morgan fingerprint density at radius 2 is 2.42 bits per heavy atom. The summed E-state index contributed by atoms with van der Waals surface area (Å²) in [5, 5.41) is 13.8. The maximum absolute atomic E-state index is 11.9. The van der Waals surface area contributed by atoms with Gasteiger partial charge in [0.15, 0.2) is 0 Å². The van der Waals surface area contributed by atoms with Gasteiger partial charge in [-0.2, -0.15) is 10.2 Å². The first-order valence-electron chi connectivity index (χ1n) is 6.74. The molecule has 6 nitrogen and oxygen atoms in total. The van der Waals surface area contributed by atoms with Crippen molar-refractivity contribution in [1.82, 2.24) is 20.8 Å². The number of morpholine rings is 1. The minimum atomic E-state index is -0.0953. The number of fused-ring (bicyclic) bond motifs is 1. The molecule has 0 unspecified atom stereocenters. The van der Waals surface area contributed by atoms with Crippen molar-refractivity contribution in [3.63, 3.8) is 0 Å². The first kappa shape index (κ1) is 12.5. The number of hydrogen-bond acceptors (Lipinski definition) is 5. The number of carbonyl (C=O) groups is 1. The minimum absolute atomic E-state index is 0.0953. The second-order valence-electron chi connectivity index (χ2n) is 5.07. The summed E-state index contributed by atoms with van der Waals surface area (Å²) < 4.78 is 5.82. The second kappa shape index (κ2) is 5.63. The van der Waals surface area contributed by atoms with E-state index in [1.807, 2.05) is 0 Å².